The summed E-state index contributed by atoms with van der Waals surface area (Å²) < 4.78 is 0. The first kappa shape index (κ1) is 13.3. The number of hydrogen-bond acceptors (Lipinski definition) is 3. The van der Waals surface area contributed by atoms with E-state index >= 15 is 0 Å². The summed E-state index contributed by atoms with van der Waals surface area (Å²) in [7, 11) is 0. The van der Waals surface area contributed by atoms with E-state index in [9.17, 15) is 0 Å². The first-order valence-corrected chi connectivity index (χ1v) is 8.10. The fourth-order valence-corrected chi connectivity index (χ4v) is 3.91. The van der Waals surface area contributed by atoms with E-state index in [-0.39, 0.29) is 0 Å². The Morgan fingerprint density at radius 2 is 2.06 bits per heavy atom. The molecule has 0 unspecified atom stereocenters. The summed E-state index contributed by atoms with van der Waals surface area (Å²) in [6.45, 7) is 6.70. The second-order valence-corrected chi connectivity index (χ2v) is 7.04. The van der Waals surface area contributed by atoms with Gasteiger partial charge in [-0.3, -0.25) is 4.99 Å². The molecule has 1 saturated carbocycles. The topological polar surface area (TPSA) is 24.4 Å². The van der Waals surface area contributed by atoms with Crippen LogP contribution < -0.4 is 5.32 Å². The van der Waals surface area contributed by atoms with Crippen LogP contribution in [-0.2, 0) is 0 Å². The van der Waals surface area contributed by atoms with Gasteiger partial charge in [-0.25, -0.2) is 0 Å². The molecule has 1 heterocycles. The van der Waals surface area contributed by atoms with E-state index < -0.39 is 0 Å². The molecule has 0 aromatic heterocycles. The molecule has 98 valence electrons. The minimum absolute atomic E-state index is 0.562. The Balaban J connectivity index is 1.76. The summed E-state index contributed by atoms with van der Waals surface area (Å²) in [6.07, 6.45) is 8.34. The van der Waals surface area contributed by atoms with Crippen LogP contribution in [0.3, 0.4) is 0 Å². The molecule has 0 saturated heterocycles. The molecule has 2 nitrogen and oxygen atoms in total. The van der Waals surface area contributed by atoms with Gasteiger partial charge in [0, 0.05) is 18.8 Å². The molecule has 0 aromatic carbocycles. The van der Waals surface area contributed by atoms with Crippen molar-refractivity contribution in [3.05, 3.63) is 0 Å². The van der Waals surface area contributed by atoms with Crippen molar-refractivity contribution in [2.45, 2.75) is 52.4 Å². The van der Waals surface area contributed by atoms with Crippen LogP contribution in [0.25, 0.3) is 0 Å². The van der Waals surface area contributed by atoms with Crippen LogP contribution in [-0.4, -0.2) is 24.0 Å². The van der Waals surface area contributed by atoms with Gasteiger partial charge in [0.2, 0.25) is 0 Å². The summed E-state index contributed by atoms with van der Waals surface area (Å²) in [6, 6.07) is 0. The molecule has 1 aliphatic heterocycles. The van der Waals surface area contributed by atoms with Gasteiger partial charge in [0.1, 0.15) is 0 Å². The Morgan fingerprint density at radius 1 is 1.29 bits per heavy atom. The maximum absolute atomic E-state index is 4.77. The molecule has 1 N–H and O–H groups in total. The number of rotatable bonds is 3. The van der Waals surface area contributed by atoms with Crippen LogP contribution in [0.2, 0.25) is 0 Å². The third-order valence-corrected chi connectivity index (χ3v) is 5.29. The van der Waals surface area contributed by atoms with Crippen LogP contribution in [0.5, 0.6) is 0 Å². The number of nitrogens with zero attached hydrogens (tertiary/aromatic N) is 1. The SMILES string of the molecule is CC(C)CCNC1=NCC2(CCCCC2)CS1. The van der Waals surface area contributed by atoms with Crippen molar-refractivity contribution in [1.29, 1.82) is 0 Å². The average molecular weight is 254 g/mol. The third kappa shape index (κ3) is 3.90. The zero-order valence-corrected chi connectivity index (χ0v) is 12.1. The first-order valence-electron chi connectivity index (χ1n) is 7.11. The number of aliphatic imine (C=N–C) groups is 1. The molecule has 17 heavy (non-hydrogen) atoms. The van der Waals surface area contributed by atoms with Crippen LogP contribution >= 0.6 is 11.8 Å². The van der Waals surface area contributed by atoms with Crippen molar-refractivity contribution in [2.24, 2.45) is 16.3 Å². The highest BCUT2D eigenvalue weighted by atomic mass is 32.2. The zero-order chi connectivity index (χ0) is 12.1. The lowest BCUT2D eigenvalue weighted by Crippen LogP contribution is -2.37. The molecule has 0 atom stereocenters. The van der Waals surface area contributed by atoms with Gasteiger partial charge in [0.05, 0.1) is 0 Å². The first-order chi connectivity index (χ1) is 8.20. The number of amidine groups is 1. The average Bonchev–Trinajstić information content (AvgIpc) is 2.33. The quantitative estimate of drug-likeness (QED) is 0.831. The van der Waals surface area contributed by atoms with E-state index in [0.717, 1.165) is 19.0 Å². The maximum atomic E-state index is 4.77. The van der Waals surface area contributed by atoms with Gasteiger partial charge in [-0.05, 0) is 30.6 Å². The van der Waals surface area contributed by atoms with Crippen molar-refractivity contribution in [3.63, 3.8) is 0 Å². The third-order valence-electron chi connectivity index (χ3n) is 3.99. The van der Waals surface area contributed by atoms with Gasteiger partial charge in [0.25, 0.3) is 0 Å². The predicted molar refractivity (Wildman–Crippen MR) is 77.7 cm³/mol. The van der Waals surface area contributed by atoms with Gasteiger partial charge in [0.15, 0.2) is 5.17 Å². The second kappa shape index (κ2) is 6.12. The summed E-state index contributed by atoms with van der Waals surface area (Å²) >= 11 is 1.96. The fourth-order valence-electron chi connectivity index (χ4n) is 2.73. The molecule has 0 bridgehead atoms. The van der Waals surface area contributed by atoms with Crippen LogP contribution in [0, 0.1) is 11.3 Å². The van der Waals surface area contributed by atoms with Gasteiger partial charge in [-0.1, -0.05) is 44.9 Å². The monoisotopic (exact) mass is 254 g/mol. The predicted octanol–water partition coefficient (Wildman–Crippen LogP) is 3.68. The number of thioether (sulfide) groups is 1. The summed E-state index contributed by atoms with van der Waals surface area (Å²) in [5.41, 5.74) is 0.562. The highest BCUT2D eigenvalue weighted by Crippen LogP contribution is 2.41. The molecule has 1 aliphatic carbocycles. The van der Waals surface area contributed by atoms with Crippen LogP contribution in [0.1, 0.15) is 52.4 Å². The van der Waals surface area contributed by atoms with Crippen molar-refractivity contribution in [2.75, 3.05) is 18.8 Å². The summed E-state index contributed by atoms with van der Waals surface area (Å²) in [5, 5.41) is 4.68. The second-order valence-electron chi connectivity index (χ2n) is 6.08. The fraction of sp³-hybridized carbons (Fsp3) is 0.929. The molecule has 0 aromatic rings. The van der Waals surface area contributed by atoms with E-state index in [4.69, 9.17) is 4.99 Å². The standard InChI is InChI=1S/C14H26N2S/c1-12(2)6-9-15-13-16-10-14(11-17-13)7-4-3-5-8-14/h12H,3-11H2,1-2H3,(H,15,16). The van der Waals surface area contributed by atoms with E-state index in [2.05, 4.69) is 19.2 Å². The normalized spacial score (nSPS) is 23.8. The Labute approximate surface area is 110 Å². The smallest absolute Gasteiger partial charge is 0.156 e. The van der Waals surface area contributed by atoms with E-state index in [1.165, 1.54) is 49.4 Å². The Hall–Kier alpha value is -0.180. The van der Waals surface area contributed by atoms with E-state index in [1.54, 1.807) is 0 Å². The number of hydrogen-bond donors (Lipinski definition) is 1. The highest BCUT2D eigenvalue weighted by Gasteiger charge is 2.34. The van der Waals surface area contributed by atoms with Gasteiger partial charge >= 0.3 is 0 Å². The molecule has 0 radical (unpaired) electrons. The minimum Gasteiger partial charge on any atom is -0.365 e. The van der Waals surface area contributed by atoms with Gasteiger partial charge in [-0.15, -0.1) is 0 Å². The van der Waals surface area contributed by atoms with Crippen LogP contribution in [0.15, 0.2) is 4.99 Å². The largest absolute Gasteiger partial charge is 0.365 e. The van der Waals surface area contributed by atoms with Crippen LogP contribution in [0.4, 0.5) is 0 Å². The summed E-state index contributed by atoms with van der Waals surface area (Å²) in [5.74, 6) is 2.07. The minimum atomic E-state index is 0.562. The lowest BCUT2D eigenvalue weighted by Gasteiger charge is -2.38. The zero-order valence-electron chi connectivity index (χ0n) is 11.3. The molecular formula is C14H26N2S. The molecule has 2 aliphatic rings. The Bertz CT molecular complexity index is 267. The van der Waals surface area contributed by atoms with Crippen molar-refractivity contribution in [1.82, 2.24) is 5.32 Å². The molecule has 1 spiro atoms. The Morgan fingerprint density at radius 3 is 2.65 bits per heavy atom. The van der Waals surface area contributed by atoms with Crippen molar-refractivity contribution >= 4 is 16.9 Å². The van der Waals surface area contributed by atoms with E-state index in [0.29, 0.717) is 5.41 Å². The summed E-state index contributed by atoms with van der Waals surface area (Å²) in [4.78, 5) is 4.77. The van der Waals surface area contributed by atoms with E-state index in [1.807, 2.05) is 11.8 Å². The molecule has 3 heteroatoms. The van der Waals surface area contributed by atoms with Crippen molar-refractivity contribution in [3.8, 4) is 0 Å². The lowest BCUT2D eigenvalue weighted by atomic mass is 9.75. The van der Waals surface area contributed by atoms with Gasteiger partial charge < -0.3 is 5.32 Å². The molecule has 0 amide bonds. The molecule has 2 rings (SSSR count). The number of nitrogens with one attached hydrogen (secondary N) is 1. The Kier molecular flexibility index (Phi) is 4.78. The van der Waals surface area contributed by atoms with Gasteiger partial charge in [-0.2, -0.15) is 0 Å². The lowest BCUT2D eigenvalue weighted by molar-refractivity contribution is 0.232. The maximum Gasteiger partial charge on any atom is 0.156 e. The van der Waals surface area contributed by atoms with Crippen molar-refractivity contribution < 1.29 is 0 Å². The molecular weight excluding hydrogens is 228 g/mol. The molecule has 1 fully saturated rings. The highest BCUT2D eigenvalue weighted by molar-refractivity contribution is 8.13.